The van der Waals surface area contributed by atoms with Crippen molar-refractivity contribution in [2.75, 3.05) is 18.1 Å². The van der Waals surface area contributed by atoms with Crippen LogP contribution in [0.5, 0.6) is 17.2 Å². The van der Waals surface area contributed by atoms with E-state index < -0.39 is 17.7 Å². The fourth-order valence-electron chi connectivity index (χ4n) is 4.31. The first-order chi connectivity index (χ1) is 17.9. The predicted molar refractivity (Wildman–Crippen MR) is 141 cm³/mol. The lowest BCUT2D eigenvalue weighted by atomic mass is 9.95. The van der Waals surface area contributed by atoms with Gasteiger partial charge in [-0.15, -0.1) is 0 Å². The topological polar surface area (TPSA) is 109 Å². The molecule has 8 nitrogen and oxygen atoms in total. The fourth-order valence-corrected chi connectivity index (χ4v) is 5.33. The first-order valence-electron chi connectivity index (χ1n) is 11.8. The monoisotopic (exact) mass is 516 g/mol. The summed E-state index contributed by atoms with van der Waals surface area (Å²) >= 11 is 1.25. The zero-order valence-corrected chi connectivity index (χ0v) is 21.0. The number of amides is 1. The number of aromatic nitrogens is 1. The Morgan fingerprint density at radius 3 is 2.38 bits per heavy atom. The number of hydrogen-bond acceptors (Lipinski definition) is 8. The molecule has 1 aromatic heterocycles. The van der Waals surface area contributed by atoms with E-state index in [-0.39, 0.29) is 17.1 Å². The lowest BCUT2D eigenvalue weighted by Crippen LogP contribution is -2.29. The van der Waals surface area contributed by atoms with Crippen LogP contribution in [-0.4, -0.2) is 40.1 Å². The van der Waals surface area contributed by atoms with Gasteiger partial charge in [-0.1, -0.05) is 35.6 Å². The molecule has 0 saturated carbocycles. The number of thiazole rings is 1. The molecule has 1 amide bonds. The van der Waals surface area contributed by atoms with Crippen LogP contribution in [0.15, 0.2) is 72.3 Å². The molecule has 1 atom stereocenters. The molecule has 0 spiro atoms. The summed E-state index contributed by atoms with van der Waals surface area (Å²) in [6.45, 7) is 4.68. The van der Waals surface area contributed by atoms with Crippen LogP contribution in [0.3, 0.4) is 0 Å². The average molecular weight is 517 g/mol. The molecule has 2 N–H and O–H groups in total. The molecule has 188 valence electrons. The highest BCUT2D eigenvalue weighted by Gasteiger charge is 2.48. The number of ether oxygens (including phenoxy) is 2. The minimum atomic E-state index is -0.955. The Hall–Kier alpha value is -4.37. The van der Waals surface area contributed by atoms with E-state index in [1.54, 1.807) is 48.5 Å². The molecule has 0 bridgehead atoms. The lowest BCUT2D eigenvalue weighted by Gasteiger charge is -2.23. The molecule has 9 heteroatoms. The maximum absolute atomic E-state index is 13.4. The largest absolute Gasteiger partial charge is 0.508 e. The Balaban J connectivity index is 1.68. The Bertz CT molecular complexity index is 1530. The van der Waals surface area contributed by atoms with Gasteiger partial charge in [0.05, 0.1) is 35.0 Å². The van der Waals surface area contributed by atoms with Crippen LogP contribution >= 0.6 is 11.3 Å². The van der Waals surface area contributed by atoms with Gasteiger partial charge in [0.1, 0.15) is 23.0 Å². The molecule has 3 aromatic carbocycles. The van der Waals surface area contributed by atoms with E-state index in [4.69, 9.17) is 9.47 Å². The van der Waals surface area contributed by atoms with Crippen molar-refractivity contribution in [3.05, 3.63) is 83.4 Å². The zero-order valence-electron chi connectivity index (χ0n) is 20.2. The molecule has 37 heavy (non-hydrogen) atoms. The van der Waals surface area contributed by atoms with Crippen molar-refractivity contribution in [3.63, 3.8) is 0 Å². The number of Topliss-reactive ketones (excluding diaryl/α,β-unsaturated/α-hetero) is 1. The molecule has 4 aromatic rings. The van der Waals surface area contributed by atoms with Gasteiger partial charge in [0.15, 0.2) is 5.13 Å². The SMILES string of the molecule is CCOc1cccc(/C(O)=C2\C(=O)C(=O)N(c3nc4ccc(OCC)cc4s3)C2c2ccc(O)cc2)c1. The first-order valence-corrected chi connectivity index (χ1v) is 12.6. The van der Waals surface area contributed by atoms with Crippen LogP contribution in [0.2, 0.25) is 0 Å². The van der Waals surface area contributed by atoms with Gasteiger partial charge in [0.2, 0.25) is 0 Å². The van der Waals surface area contributed by atoms with Gasteiger partial charge >= 0.3 is 5.91 Å². The summed E-state index contributed by atoms with van der Waals surface area (Å²) in [6, 6.07) is 17.4. The summed E-state index contributed by atoms with van der Waals surface area (Å²) in [7, 11) is 0. The van der Waals surface area contributed by atoms with Crippen LogP contribution in [0, 0.1) is 0 Å². The quantitative estimate of drug-likeness (QED) is 0.192. The molecule has 1 fully saturated rings. The van der Waals surface area contributed by atoms with Gasteiger partial charge in [-0.25, -0.2) is 4.98 Å². The van der Waals surface area contributed by atoms with E-state index in [9.17, 15) is 19.8 Å². The van der Waals surface area contributed by atoms with E-state index in [0.29, 0.717) is 46.5 Å². The van der Waals surface area contributed by atoms with Crippen molar-refractivity contribution in [1.82, 2.24) is 4.98 Å². The van der Waals surface area contributed by atoms with Crippen LogP contribution in [0.1, 0.15) is 31.0 Å². The van der Waals surface area contributed by atoms with E-state index in [1.165, 1.54) is 28.4 Å². The second-order valence-electron chi connectivity index (χ2n) is 8.28. The Kier molecular flexibility index (Phi) is 6.54. The second-order valence-corrected chi connectivity index (χ2v) is 9.29. The molecular formula is C28H24N2O6S. The van der Waals surface area contributed by atoms with Crippen molar-refractivity contribution in [2.45, 2.75) is 19.9 Å². The number of rotatable bonds is 7. The van der Waals surface area contributed by atoms with Gasteiger partial charge < -0.3 is 19.7 Å². The maximum atomic E-state index is 13.4. The minimum Gasteiger partial charge on any atom is -0.508 e. The van der Waals surface area contributed by atoms with Gasteiger partial charge in [0, 0.05) is 5.56 Å². The first kappa shape index (κ1) is 24.3. The average Bonchev–Trinajstić information content (AvgIpc) is 3.42. The van der Waals surface area contributed by atoms with Crippen LogP contribution < -0.4 is 14.4 Å². The molecule has 1 saturated heterocycles. The van der Waals surface area contributed by atoms with Crippen LogP contribution in [0.4, 0.5) is 5.13 Å². The number of nitrogens with zero attached hydrogens (tertiary/aromatic N) is 2. The molecular weight excluding hydrogens is 492 g/mol. The Labute approximate surface area is 217 Å². The maximum Gasteiger partial charge on any atom is 0.301 e. The van der Waals surface area contributed by atoms with Gasteiger partial charge in [0.25, 0.3) is 5.78 Å². The van der Waals surface area contributed by atoms with E-state index in [2.05, 4.69) is 4.98 Å². The zero-order chi connectivity index (χ0) is 26.1. The fraction of sp³-hybridized carbons (Fsp3) is 0.179. The molecule has 1 aliphatic rings. The van der Waals surface area contributed by atoms with Crippen LogP contribution in [-0.2, 0) is 9.59 Å². The molecule has 2 heterocycles. The van der Waals surface area contributed by atoms with E-state index >= 15 is 0 Å². The molecule has 1 aliphatic heterocycles. The van der Waals surface area contributed by atoms with E-state index in [0.717, 1.165) is 4.70 Å². The normalized spacial score (nSPS) is 16.9. The standard InChI is InChI=1S/C28H24N2O6S/c1-3-35-19-7-5-6-17(14-19)25(32)23-24(16-8-10-18(31)11-9-16)30(27(34)26(23)33)28-29-21-13-12-20(36-4-2)15-22(21)37-28/h5-15,24,31-32H,3-4H2,1-2H3/b25-23+. The Morgan fingerprint density at radius 2 is 1.68 bits per heavy atom. The third-order valence-electron chi connectivity index (χ3n) is 5.94. The van der Waals surface area contributed by atoms with E-state index in [1.807, 2.05) is 19.9 Å². The second kappa shape index (κ2) is 9.94. The number of carbonyl (C=O) groups excluding carboxylic acids is 2. The van der Waals surface area contributed by atoms with Crippen LogP contribution in [0.25, 0.3) is 16.0 Å². The molecule has 1 unspecified atom stereocenters. The summed E-state index contributed by atoms with van der Waals surface area (Å²) in [5.41, 5.74) is 1.46. The smallest absolute Gasteiger partial charge is 0.301 e. The number of ketones is 1. The predicted octanol–water partition coefficient (Wildman–Crippen LogP) is 5.43. The number of carbonyl (C=O) groups is 2. The van der Waals surface area contributed by atoms with Gasteiger partial charge in [-0.2, -0.15) is 0 Å². The number of hydrogen-bond donors (Lipinski definition) is 2. The number of fused-ring (bicyclic) bond motifs is 1. The highest BCUT2D eigenvalue weighted by Crippen LogP contribution is 2.45. The summed E-state index contributed by atoms with van der Waals surface area (Å²) < 4.78 is 11.9. The highest BCUT2D eigenvalue weighted by molar-refractivity contribution is 7.22. The van der Waals surface area contributed by atoms with Crippen molar-refractivity contribution >= 4 is 44.1 Å². The third kappa shape index (κ3) is 4.49. The van der Waals surface area contributed by atoms with Crippen molar-refractivity contribution in [3.8, 4) is 17.2 Å². The van der Waals surface area contributed by atoms with Gasteiger partial charge in [-0.05, 0) is 61.9 Å². The number of aliphatic hydroxyl groups is 1. The molecule has 0 aliphatic carbocycles. The number of aromatic hydroxyl groups is 1. The number of aliphatic hydroxyl groups excluding tert-OH is 1. The number of anilines is 1. The minimum absolute atomic E-state index is 0.0357. The third-order valence-corrected chi connectivity index (χ3v) is 6.95. The summed E-state index contributed by atoms with van der Waals surface area (Å²) in [5, 5.41) is 21.5. The lowest BCUT2D eigenvalue weighted by molar-refractivity contribution is -0.132. The number of phenolic OH excluding ortho intramolecular Hbond substituents is 1. The molecule has 5 rings (SSSR count). The summed E-state index contributed by atoms with van der Waals surface area (Å²) in [6.07, 6.45) is 0. The number of phenols is 1. The number of benzene rings is 3. The summed E-state index contributed by atoms with van der Waals surface area (Å²) in [5.74, 6) is -0.708. The van der Waals surface area contributed by atoms with Crippen molar-refractivity contribution < 1.29 is 29.3 Å². The highest BCUT2D eigenvalue weighted by atomic mass is 32.1. The molecule has 0 radical (unpaired) electrons. The van der Waals surface area contributed by atoms with Crippen molar-refractivity contribution in [1.29, 1.82) is 0 Å². The van der Waals surface area contributed by atoms with Crippen molar-refractivity contribution in [2.24, 2.45) is 0 Å². The Morgan fingerprint density at radius 1 is 0.973 bits per heavy atom. The summed E-state index contributed by atoms with van der Waals surface area (Å²) in [4.78, 5) is 32.7. The van der Waals surface area contributed by atoms with Gasteiger partial charge in [-0.3, -0.25) is 14.5 Å².